The molecular formula is C17H21N3O5S. The van der Waals surface area contributed by atoms with Gasteiger partial charge in [0, 0.05) is 6.26 Å². The smallest absolute Gasteiger partial charge is 0.326 e. The van der Waals surface area contributed by atoms with Gasteiger partial charge in [0.2, 0.25) is 5.91 Å². The topological polar surface area (TPSA) is 118 Å². The number of amides is 1. The van der Waals surface area contributed by atoms with Crippen LogP contribution in [0.2, 0.25) is 0 Å². The quantitative estimate of drug-likeness (QED) is 0.664. The number of aromatic nitrogens is 2. The molecule has 8 nitrogen and oxygen atoms in total. The van der Waals surface area contributed by atoms with Crippen LogP contribution in [0.25, 0.3) is 11.0 Å². The molecule has 1 amide bonds. The second-order valence-corrected chi connectivity index (χ2v) is 8.08. The highest BCUT2D eigenvalue weighted by Gasteiger charge is 2.21. The van der Waals surface area contributed by atoms with Gasteiger partial charge in [-0.25, -0.2) is 18.2 Å². The van der Waals surface area contributed by atoms with Crippen molar-refractivity contribution in [3.05, 3.63) is 42.2 Å². The number of sulfone groups is 1. The van der Waals surface area contributed by atoms with Crippen LogP contribution in [0.5, 0.6) is 0 Å². The molecule has 1 heterocycles. The van der Waals surface area contributed by atoms with Crippen molar-refractivity contribution < 1.29 is 23.1 Å². The van der Waals surface area contributed by atoms with Gasteiger partial charge in [0.1, 0.15) is 24.2 Å². The first-order valence-electron chi connectivity index (χ1n) is 7.96. The van der Waals surface area contributed by atoms with Gasteiger partial charge in [-0.05, 0) is 25.5 Å². The van der Waals surface area contributed by atoms with Gasteiger partial charge in [-0.1, -0.05) is 24.3 Å². The SMILES string of the molecule is C/C=C/CC(NC(=O)Cn1c(CS(C)(=O)=O)nc2ccccc21)C(=O)O. The van der Waals surface area contributed by atoms with Gasteiger partial charge in [0.15, 0.2) is 9.84 Å². The van der Waals surface area contributed by atoms with Crippen LogP contribution >= 0.6 is 0 Å². The summed E-state index contributed by atoms with van der Waals surface area (Å²) in [5.41, 5.74) is 1.18. The number of allylic oxidation sites excluding steroid dienone is 1. The van der Waals surface area contributed by atoms with E-state index in [4.69, 9.17) is 0 Å². The average Bonchev–Trinajstić information content (AvgIpc) is 2.86. The lowest BCUT2D eigenvalue weighted by Crippen LogP contribution is -2.42. The predicted molar refractivity (Wildman–Crippen MR) is 97.3 cm³/mol. The summed E-state index contributed by atoms with van der Waals surface area (Å²) in [6.07, 6.45) is 4.61. The van der Waals surface area contributed by atoms with Crippen molar-refractivity contribution in [3.8, 4) is 0 Å². The molecule has 1 aromatic heterocycles. The molecule has 0 aliphatic carbocycles. The summed E-state index contributed by atoms with van der Waals surface area (Å²) in [4.78, 5) is 27.9. The molecule has 0 spiro atoms. The number of imidazole rings is 1. The van der Waals surface area contributed by atoms with Crippen molar-refractivity contribution in [2.75, 3.05) is 6.26 Å². The Bertz CT molecular complexity index is 946. The number of para-hydroxylation sites is 2. The van der Waals surface area contributed by atoms with Crippen LogP contribution in [0.1, 0.15) is 19.2 Å². The Morgan fingerprint density at radius 1 is 1.35 bits per heavy atom. The van der Waals surface area contributed by atoms with Crippen LogP contribution in [-0.2, 0) is 31.7 Å². The van der Waals surface area contributed by atoms with E-state index in [-0.39, 0.29) is 24.5 Å². The molecule has 1 unspecified atom stereocenters. The summed E-state index contributed by atoms with van der Waals surface area (Å²) < 4.78 is 24.8. The Labute approximate surface area is 151 Å². The fourth-order valence-electron chi connectivity index (χ4n) is 2.52. The molecule has 1 aromatic carbocycles. The third-order valence-corrected chi connectivity index (χ3v) is 4.45. The molecule has 2 N–H and O–H groups in total. The highest BCUT2D eigenvalue weighted by atomic mass is 32.2. The molecule has 26 heavy (non-hydrogen) atoms. The summed E-state index contributed by atoms with van der Waals surface area (Å²) >= 11 is 0. The number of carbonyl (C=O) groups is 2. The first-order chi connectivity index (χ1) is 12.2. The van der Waals surface area contributed by atoms with Gasteiger partial charge in [0.25, 0.3) is 0 Å². The van der Waals surface area contributed by atoms with E-state index in [0.29, 0.717) is 11.0 Å². The van der Waals surface area contributed by atoms with Gasteiger partial charge in [-0.2, -0.15) is 0 Å². The Kier molecular flexibility index (Phi) is 6.14. The highest BCUT2D eigenvalue weighted by molar-refractivity contribution is 7.89. The van der Waals surface area contributed by atoms with Crippen molar-refractivity contribution in [2.45, 2.75) is 31.7 Å². The van der Waals surface area contributed by atoms with Crippen LogP contribution < -0.4 is 5.32 Å². The molecule has 1 atom stereocenters. The maximum absolute atomic E-state index is 12.4. The largest absolute Gasteiger partial charge is 0.480 e. The zero-order valence-corrected chi connectivity index (χ0v) is 15.4. The average molecular weight is 379 g/mol. The standard InChI is InChI=1S/C17H21N3O5S/c1-3-4-7-13(17(22)23)19-16(21)10-20-14-9-6-5-8-12(14)18-15(20)11-26(2,24)25/h3-6,8-9,13H,7,10-11H2,1-2H3,(H,19,21)(H,22,23)/b4-3+. The Morgan fingerprint density at radius 3 is 2.65 bits per heavy atom. The van der Waals surface area contributed by atoms with Gasteiger partial charge in [-0.3, -0.25) is 4.79 Å². The number of nitrogens with zero attached hydrogens (tertiary/aromatic N) is 2. The summed E-state index contributed by atoms with van der Waals surface area (Å²) in [6.45, 7) is 1.54. The molecule has 0 aliphatic rings. The molecule has 0 aliphatic heterocycles. The Morgan fingerprint density at radius 2 is 2.04 bits per heavy atom. The molecule has 0 fully saturated rings. The zero-order valence-electron chi connectivity index (χ0n) is 14.5. The van der Waals surface area contributed by atoms with Crippen molar-refractivity contribution in [2.24, 2.45) is 0 Å². The minimum atomic E-state index is -3.35. The maximum atomic E-state index is 12.4. The Balaban J connectivity index is 2.29. The van der Waals surface area contributed by atoms with Crippen molar-refractivity contribution >= 4 is 32.7 Å². The number of hydrogen-bond acceptors (Lipinski definition) is 5. The third kappa shape index (κ3) is 5.16. The minimum Gasteiger partial charge on any atom is -0.480 e. The van der Waals surface area contributed by atoms with E-state index in [1.54, 1.807) is 43.3 Å². The molecular weight excluding hydrogens is 358 g/mol. The molecule has 140 valence electrons. The second kappa shape index (κ2) is 8.13. The first kappa shape index (κ1) is 19.6. The fraction of sp³-hybridized carbons (Fsp3) is 0.353. The van der Waals surface area contributed by atoms with E-state index in [1.165, 1.54) is 4.57 Å². The van der Waals surface area contributed by atoms with Crippen molar-refractivity contribution in [3.63, 3.8) is 0 Å². The van der Waals surface area contributed by atoms with Crippen LogP contribution in [0, 0.1) is 0 Å². The molecule has 9 heteroatoms. The molecule has 2 aromatic rings. The van der Waals surface area contributed by atoms with E-state index in [2.05, 4.69) is 10.3 Å². The molecule has 0 saturated heterocycles. The van der Waals surface area contributed by atoms with E-state index in [0.717, 1.165) is 6.26 Å². The second-order valence-electron chi connectivity index (χ2n) is 5.94. The van der Waals surface area contributed by atoms with Crippen molar-refractivity contribution in [1.82, 2.24) is 14.9 Å². The van der Waals surface area contributed by atoms with Gasteiger partial charge in [0.05, 0.1) is 11.0 Å². The number of benzene rings is 1. The summed E-state index contributed by atoms with van der Waals surface area (Å²) in [5, 5.41) is 11.7. The predicted octanol–water partition coefficient (Wildman–Crippen LogP) is 1.12. The lowest BCUT2D eigenvalue weighted by molar-refractivity contribution is -0.141. The first-order valence-corrected chi connectivity index (χ1v) is 10.0. The summed E-state index contributed by atoms with van der Waals surface area (Å²) in [7, 11) is -3.35. The van der Waals surface area contributed by atoms with Crippen LogP contribution in [0.15, 0.2) is 36.4 Å². The number of carboxylic acids is 1. The zero-order chi connectivity index (χ0) is 19.3. The van der Waals surface area contributed by atoms with Gasteiger partial charge in [-0.15, -0.1) is 0 Å². The number of nitrogens with one attached hydrogen (secondary N) is 1. The van der Waals surface area contributed by atoms with E-state index in [1.807, 2.05) is 0 Å². The fourth-order valence-corrected chi connectivity index (χ4v) is 3.21. The number of hydrogen-bond donors (Lipinski definition) is 2. The van der Waals surface area contributed by atoms with E-state index >= 15 is 0 Å². The van der Waals surface area contributed by atoms with E-state index in [9.17, 15) is 23.1 Å². The summed E-state index contributed by atoms with van der Waals surface area (Å²) in [6, 6.07) is 5.93. The summed E-state index contributed by atoms with van der Waals surface area (Å²) in [5.74, 6) is -1.73. The molecule has 0 bridgehead atoms. The minimum absolute atomic E-state index is 0.165. The maximum Gasteiger partial charge on any atom is 0.326 e. The van der Waals surface area contributed by atoms with Crippen LogP contribution in [0.4, 0.5) is 0 Å². The van der Waals surface area contributed by atoms with Crippen LogP contribution in [-0.4, -0.2) is 47.2 Å². The molecule has 2 rings (SSSR count). The van der Waals surface area contributed by atoms with Gasteiger partial charge < -0.3 is 15.0 Å². The van der Waals surface area contributed by atoms with Crippen LogP contribution in [0.3, 0.4) is 0 Å². The lowest BCUT2D eigenvalue weighted by atomic mass is 10.2. The normalized spacial score (nSPS) is 13.2. The van der Waals surface area contributed by atoms with Crippen molar-refractivity contribution in [1.29, 1.82) is 0 Å². The highest BCUT2D eigenvalue weighted by Crippen LogP contribution is 2.17. The lowest BCUT2D eigenvalue weighted by Gasteiger charge is -2.14. The Hall–Kier alpha value is -2.68. The third-order valence-electron chi connectivity index (χ3n) is 3.67. The molecule has 0 saturated carbocycles. The molecule has 0 radical (unpaired) electrons. The number of carbonyl (C=O) groups excluding carboxylic acids is 1. The van der Waals surface area contributed by atoms with Gasteiger partial charge >= 0.3 is 5.97 Å². The number of carboxylic acid groups (broad SMARTS) is 1. The number of fused-ring (bicyclic) bond motifs is 1. The number of aliphatic carboxylic acids is 1. The van der Waals surface area contributed by atoms with E-state index < -0.39 is 27.8 Å². The monoisotopic (exact) mass is 379 g/mol. The number of rotatable bonds is 8.